The highest BCUT2D eigenvalue weighted by Gasteiger charge is 2.32. The Kier molecular flexibility index (Phi) is 5.96. The molecule has 0 bridgehead atoms. The maximum absolute atomic E-state index is 12.3. The Bertz CT molecular complexity index is 543. The Balaban J connectivity index is 2.17. The van der Waals surface area contributed by atoms with Crippen LogP contribution >= 0.6 is 11.8 Å². The van der Waals surface area contributed by atoms with Crippen molar-refractivity contribution in [2.24, 2.45) is 0 Å². The van der Waals surface area contributed by atoms with Gasteiger partial charge in [0.05, 0.1) is 0 Å². The Morgan fingerprint density at radius 1 is 1.29 bits per heavy atom. The van der Waals surface area contributed by atoms with E-state index in [1.165, 1.54) is 5.56 Å². The third kappa shape index (κ3) is 4.14. The summed E-state index contributed by atoms with van der Waals surface area (Å²) in [5, 5.41) is 2.90. The summed E-state index contributed by atoms with van der Waals surface area (Å²) in [5.41, 5.74) is 2.24. The minimum absolute atomic E-state index is 0.202. The van der Waals surface area contributed by atoms with Gasteiger partial charge in [-0.25, -0.2) is 8.42 Å². The lowest BCUT2D eigenvalue weighted by atomic mass is 10.2. The highest BCUT2D eigenvalue weighted by Crippen LogP contribution is 2.27. The number of anilines is 1. The first-order chi connectivity index (χ1) is 10.1. The third-order valence-corrected chi connectivity index (χ3v) is 7.04. The van der Waals surface area contributed by atoms with Crippen LogP contribution in [0.15, 0.2) is 24.3 Å². The molecule has 0 spiro atoms. The van der Waals surface area contributed by atoms with Gasteiger partial charge in [-0.2, -0.15) is 11.8 Å². The van der Waals surface area contributed by atoms with E-state index in [0.29, 0.717) is 5.75 Å². The van der Waals surface area contributed by atoms with Crippen molar-refractivity contribution >= 4 is 27.3 Å². The SMILES string of the molecule is CCNCc1ccc(N2CCSCC2S(=O)(=O)CC)cc1. The van der Waals surface area contributed by atoms with Crippen molar-refractivity contribution in [3.8, 4) is 0 Å². The van der Waals surface area contributed by atoms with E-state index < -0.39 is 9.84 Å². The van der Waals surface area contributed by atoms with Gasteiger partial charge in [0.15, 0.2) is 9.84 Å². The third-order valence-electron chi connectivity index (χ3n) is 3.75. The van der Waals surface area contributed by atoms with Crippen LogP contribution in [0.1, 0.15) is 19.4 Å². The molecule has 21 heavy (non-hydrogen) atoms. The van der Waals surface area contributed by atoms with Gasteiger partial charge < -0.3 is 10.2 Å². The quantitative estimate of drug-likeness (QED) is 0.867. The molecule has 1 atom stereocenters. The lowest BCUT2D eigenvalue weighted by Gasteiger charge is -2.36. The lowest BCUT2D eigenvalue weighted by molar-refractivity contribution is 0.579. The number of hydrogen-bond donors (Lipinski definition) is 1. The van der Waals surface area contributed by atoms with Gasteiger partial charge in [0.2, 0.25) is 0 Å². The molecule has 0 aliphatic carbocycles. The van der Waals surface area contributed by atoms with Crippen molar-refractivity contribution in [1.82, 2.24) is 5.32 Å². The normalized spacial score (nSPS) is 19.7. The molecule has 1 unspecified atom stereocenters. The fraction of sp³-hybridized carbons (Fsp3) is 0.600. The zero-order valence-electron chi connectivity index (χ0n) is 12.7. The Labute approximate surface area is 132 Å². The summed E-state index contributed by atoms with van der Waals surface area (Å²) in [7, 11) is -3.05. The predicted octanol–water partition coefficient (Wildman–Crippen LogP) is 2.11. The Morgan fingerprint density at radius 2 is 2.00 bits per heavy atom. The second-order valence-corrected chi connectivity index (χ2v) is 8.72. The molecule has 0 aromatic heterocycles. The van der Waals surface area contributed by atoms with Crippen molar-refractivity contribution in [2.45, 2.75) is 25.8 Å². The van der Waals surface area contributed by atoms with Crippen LogP contribution in [0.3, 0.4) is 0 Å². The van der Waals surface area contributed by atoms with Crippen LogP contribution in [-0.4, -0.2) is 44.1 Å². The van der Waals surface area contributed by atoms with Crippen LogP contribution in [0.25, 0.3) is 0 Å². The monoisotopic (exact) mass is 328 g/mol. The summed E-state index contributed by atoms with van der Waals surface area (Å²) in [6.07, 6.45) is 0. The number of hydrogen-bond acceptors (Lipinski definition) is 5. The number of sulfone groups is 1. The summed E-state index contributed by atoms with van der Waals surface area (Å²) in [4.78, 5) is 2.05. The van der Waals surface area contributed by atoms with E-state index in [4.69, 9.17) is 0 Å². The molecular formula is C15H24N2O2S2. The molecule has 1 aromatic carbocycles. The Morgan fingerprint density at radius 3 is 2.62 bits per heavy atom. The van der Waals surface area contributed by atoms with Gasteiger partial charge >= 0.3 is 0 Å². The molecule has 118 valence electrons. The summed E-state index contributed by atoms with van der Waals surface area (Å²) in [5.74, 6) is 1.84. The van der Waals surface area contributed by atoms with Gasteiger partial charge in [-0.05, 0) is 24.2 Å². The van der Waals surface area contributed by atoms with Crippen LogP contribution in [0.5, 0.6) is 0 Å². The number of nitrogens with one attached hydrogen (secondary N) is 1. The molecule has 1 fully saturated rings. The lowest BCUT2D eigenvalue weighted by Crippen LogP contribution is -2.48. The molecule has 1 N–H and O–H groups in total. The molecule has 0 radical (unpaired) electrons. The maximum atomic E-state index is 12.3. The summed E-state index contributed by atoms with van der Waals surface area (Å²) < 4.78 is 24.6. The Hall–Kier alpha value is -0.720. The molecule has 0 amide bonds. The van der Waals surface area contributed by atoms with Crippen molar-refractivity contribution in [3.63, 3.8) is 0 Å². The van der Waals surface area contributed by atoms with E-state index in [1.54, 1.807) is 18.7 Å². The summed E-state index contributed by atoms with van der Waals surface area (Å²) in [6.45, 7) is 6.40. The molecule has 1 heterocycles. The molecule has 2 rings (SSSR count). The van der Waals surface area contributed by atoms with Gasteiger partial charge in [0.25, 0.3) is 0 Å². The van der Waals surface area contributed by atoms with Crippen molar-refractivity contribution in [2.75, 3.05) is 35.2 Å². The van der Waals surface area contributed by atoms with Gasteiger partial charge in [-0.3, -0.25) is 0 Å². The van der Waals surface area contributed by atoms with E-state index in [0.717, 1.165) is 31.1 Å². The van der Waals surface area contributed by atoms with Gasteiger partial charge in [0, 0.05) is 36.0 Å². The molecular weight excluding hydrogens is 304 g/mol. The smallest absolute Gasteiger partial charge is 0.171 e. The standard InChI is InChI=1S/C15H24N2O2S2/c1-3-16-11-13-5-7-14(8-6-13)17-9-10-20-12-15(17)21(18,19)4-2/h5-8,15-16H,3-4,9-12H2,1-2H3. The number of benzene rings is 1. The van der Waals surface area contributed by atoms with E-state index in [1.807, 2.05) is 17.0 Å². The van der Waals surface area contributed by atoms with Gasteiger partial charge in [-0.15, -0.1) is 0 Å². The first-order valence-corrected chi connectivity index (χ1v) is 10.3. The molecule has 1 saturated heterocycles. The number of thioether (sulfide) groups is 1. The molecule has 4 nitrogen and oxygen atoms in total. The average Bonchev–Trinajstić information content (AvgIpc) is 2.53. The summed E-state index contributed by atoms with van der Waals surface area (Å²) in [6, 6.07) is 8.24. The van der Waals surface area contributed by atoms with E-state index in [9.17, 15) is 8.42 Å². The molecule has 1 aliphatic rings. The topological polar surface area (TPSA) is 49.4 Å². The minimum Gasteiger partial charge on any atom is -0.353 e. The largest absolute Gasteiger partial charge is 0.353 e. The molecule has 0 saturated carbocycles. The van der Waals surface area contributed by atoms with Gasteiger partial charge in [0.1, 0.15) is 5.37 Å². The van der Waals surface area contributed by atoms with Crippen LogP contribution in [-0.2, 0) is 16.4 Å². The highest BCUT2D eigenvalue weighted by atomic mass is 32.2. The maximum Gasteiger partial charge on any atom is 0.171 e. The van der Waals surface area contributed by atoms with E-state index in [2.05, 4.69) is 24.4 Å². The summed E-state index contributed by atoms with van der Waals surface area (Å²) >= 11 is 1.73. The minimum atomic E-state index is -3.05. The fourth-order valence-corrected chi connectivity index (χ4v) is 5.43. The van der Waals surface area contributed by atoms with E-state index >= 15 is 0 Å². The van der Waals surface area contributed by atoms with Crippen LogP contribution < -0.4 is 10.2 Å². The van der Waals surface area contributed by atoms with Crippen LogP contribution in [0.4, 0.5) is 5.69 Å². The first kappa shape index (κ1) is 16.6. The molecule has 6 heteroatoms. The van der Waals surface area contributed by atoms with Crippen molar-refractivity contribution in [3.05, 3.63) is 29.8 Å². The van der Waals surface area contributed by atoms with Crippen molar-refractivity contribution < 1.29 is 8.42 Å². The first-order valence-electron chi connectivity index (χ1n) is 7.44. The van der Waals surface area contributed by atoms with E-state index in [-0.39, 0.29) is 11.1 Å². The number of nitrogens with zero attached hydrogens (tertiary/aromatic N) is 1. The zero-order chi connectivity index (χ0) is 15.3. The second kappa shape index (κ2) is 7.51. The van der Waals surface area contributed by atoms with Crippen molar-refractivity contribution in [1.29, 1.82) is 0 Å². The zero-order valence-corrected chi connectivity index (χ0v) is 14.3. The second-order valence-electron chi connectivity index (χ2n) is 5.12. The number of rotatable bonds is 6. The van der Waals surface area contributed by atoms with Crippen LogP contribution in [0.2, 0.25) is 0 Å². The average molecular weight is 329 g/mol. The molecule has 1 aromatic rings. The van der Waals surface area contributed by atoms with Gasteiger partial charge in [-0.1, -0.05) is 26.0 Å². The fourth-order valence-electron chi connectivity index (χ4n) is 2.44. The predicted molar refractivity (Wildman–Crippen MR) is 91.7 cm³/mol. The van der Waals surface area contributed by atoms with Crippen LogP contribution in [0, 0.1) is 0 Å². The molecule has 1 aliphatic heterocycles. The highest BCUT2D eigenvalue weighted by molar-refractivity contribution is 8.01.